The minimum absolute atomic E-state index is 0.0384. The van der Waals surface area contributed by atoms with Gasteiger partial charge in [0.25, 0.3) is 0 Å². The van der Waals surface area contributed by atoms with E-state index in [1.807, 2.05) is 37.4 Å². The first-order valence-electron chi connectivity index (χ1n) is 16.0. The number of carbonyl (C=O) groups excluding carboxylic acids is 3. The average Bonchev–Trinajstić information content (AvgIpc) is 3.23. The number of aryl methyl sites for hydroxylation is 1. The second-order valence-corrected chi connectivity index (χ2v) is 15.2. The lowest BCUT2D eigenvalue weighted by Gasteiger charge is -2.54. The maximum absolute atomic E-state index is 12.5. The molecule has 3 amide bonds. The van der Waals surface area contributed by atoms with Crippen LogP contribution in [0.2, 0.25) is 0 Å². The van der Waals surface area contributed by atoms with Crippen LogP contribution in [0.25, 0.3) is 10.9 Å². The number of rotatable bonds is 4. The van der Waals surface area contributed by atoms with E-state index in [1.165, 1.54) is 31.4 Å². The summed E-state index contributed by atoms with van der Waals surface area (Å²) in [6, 6.07) is 6.45. The SMILES string of the molecule is Cn1nc(C2CCC(=O)NC2=O)c2ccc(N3CCN(CC4CCC5(CC4)CN(C(=O)OC(C)(C)C)C5)C(C)(C)C3)cc21. The number of aromatic nitrogens is 2. The zero-order valence-electron chi connectivity index (χ0n) is 26.7. The molecule has 2 aromatic rings. The van der Waals surface area contributed by atoms with Crippen LogP contribution in [0.15, 0.2) is 18.2 Å². The van der Waals surface area contributed by atoms with Crippen molar-refractivity contribution in [3.05, 3.63) is 23.9 Å². The zero-order chi connectivity index (χ0) is 30.7. The summed E-state index contributed by atoms with van der Waals surface area (Å²) in [6.45, 7) is 16.2. The van der Waals surface area contributed by atoms with Crippen LogP contribution in [-0.2, 0) is 21.4 Å². The number of hydrogen-bond acceptors (Lipinski definition) is 7. The van der Waals surface area contributed by atoms with E-state index in [9.17, 15) is 14.4 Å². The van der Waals surface area contributed by atoms with Crippen molar-refractivity contribution in [2.45, 2.75) is 90.2 Å². The van der Waals surface area contributed by atoms with Gasteiger partial charge in [-0.05, 0) is 90.8 Å². The van der Waals surface area contributed by atoms with Gasteiger partial charge in [-0.25, -0.2) is 4.79 Å². The number of anilines is 1. The molecule has 1 aromatic heterocycles. The molecule has 0 bridgehead atoms. The fourth-order valence-electron chi connectivity index (χ4n) is 7.75. The molecular formula is C33H48N6O4. The number of amides is 3. The van der Waals surface area contributed by atoms with Gasteiger partial charge in [0.1, 0.15) is 5.60 Å². The molecule has 1 spiro atoms. The van der Waals surface area contributed by atoms with Crippen molar-refractivity contribution in [1.82, 2.24) is 24.9 Å². The number of fused-ring (bicyclic) bond motifs is 1. The van der Waals surface area contributed by atoms with Crippen LogP contribution in [-0.4, -0.2) is 87.9 Å². The van der Waals surface area contributed by atoms with E-state index in [4.69, 9.17) is 9.84 Å². The predicted octanol–water partition coefficient (Wildman–Crippen LogP) is 4.42. The number of benzene rings is 1. The number of hydrogen-bond donors (Lipinski definition) is 1. The molecule has 3 saturated heterocycles. The normalized spacial score (nSPS) is 24.7. The van der Waals surface area contributed by atoms with Gasteiger partial charge in [-0.2, -0.15) is 5.10 Å². The van der Waals surface area contributed by atoms with Crippen LogP contribution < -0.4 is 10.2 Å². The molecular weight excluding hydrogens is 544 g/mol. The van der Waals surface area contributed by atoms with Gasteiger partial charge in [-0.15, -0.1) is 0 Å². The Hall–Kier alpha value is -3.14. The van der Waals surface area contributed by atoms with Crippen molar-refractivity contribution in [3.63, 3.8) is 0 Å². The molecule has 1 atom stereocenters. The van der Waals surface area contributed by atoms with Crippen LogP contribution in [0.4, 0.5) is 10.5 Å². The number of nitrogens with zero attached hydrogens (tertiary/aromatic N) is 5. The summed E-state index contributed by atoms with van der Waals surface area (Å²) in [5, 5.41) is 8.17. The van der Waals surface area contributed by atoms with Gasteiger partial charge in [0, 0.05) is 74.8 Å². The van der Waals surface area contributed by atoms with Crippen molar-refractivity contribution < 1.29 is 19.1 Å². The number of likely N-dealkylation sites (tertiary alicyclic amines) is 1. The van der Waals surface area contributed by atoms with Crippen molar-refractivity contribution in [3.8, 4) is 0 Å². The minimum Gasteiger partial charge on any atom is -0.444 e. The molecule has 4 fully saturated rings. The molecule has 0 radical (unpaired) electrons. The third-order valence-corrected chi connectivity index (χ3v) is 10.2. The monoisotopic (exact) mass is 592 g/mol. The van der Waals surface area contributed by atoms with E-state index in [0.717, 1.165) is 55.9 Å². The van der Waals surface area contributed by atoms with E-state index in [0.29, 0.717) is 24.2 Å². The summed E-state index contributed by atoms with van der Waals surface area (Å²) in [6.07, 6.45) is 5.53. The summed E-state index contributed by atoms with van der Waals surface area (Å²) in [5.74, 6) is -0.147. The maximum atomic E-state index is 12.5. The lowest BCUT2D eigenvalue weighted by molar-refractivity contribution is -0.134. The van der Waals surface area contributed by atoms with Gasteiger partial charge >= 0.3 is 6.09 Å². The van der Waals surface area contributed by atoms with Gasteiger partial charge in [-0.3, -0.25) is 24.5 Å². The minimum atomic E-state index is -0.444. The largest absolute Gasteiger partial charge is 0.444 e. The Balaban J connectivity index is 1.04. The van der Waals surface area contributed by atoms with Crippen molar-refractivity contribution >= 4 is 34.5 Å². The number of carbonyl (C=O) groups is 3. The Kier molecular flexibility index (Phi) is 7.50. The highest BCUT2D eigenvalue weighted by Crippen LogP contribution is 2.46. The third-order valence-electron chi connectivity index (χ3n) is 10.2. The molecule has 3 aliphatic heterocycles. The molecule has 1 N–H and O–H groups in total. The molecule has 10 nitrogen and oxygen atoms in total. The Morgan fingerprint density at radius 2 is 1.79 bits per heavy atom. The van der Waals surface area contributed by atoms with Gasteiger partial charge in [0.05, 0.1) is 17.1 Å². The molecule has 234 valence electrons. The number of piperazine rings is 1. The molecule has 6 rings (SSSR count). The van der Waals surface area contributed by atoms with Gasteiger partial charge < -0.3 is 14.5 Å². The smallest absolute Gasteiger partial charge is 0.410 e. The number of piperidine rings is 1. The first kappa shape index (κ1) is 29.9. The standard InChI is InChI=1S/C33H48N6O4/c1-31(2,3)43-30(42)38-20-33(21-38)13-11-22(12-14-33)18-39-16-15-37(19-32(39,4)5)23-7-8-24-26(17-23)36(6)35-28(24)25-9-10-27(40)34-29(25)41/h7-8,17,22,25H,9-16,18-21H2,1-6H3,(H,34,40,41). The summed E-state index contributed by atoms with van der Waals surface area (Å²) < 4.78 is 7.43. The zero-order valence-corrected chi connectivity index (χ0v) is 26.7. The topological polar surface area (TPSA) is 100 Å². The Morgan fingerprint density at radius 3 is 2.44 bits per heavy atom. The quantitative estimate of drug-likeness (QED) is 0.525. The highest BCUT2D eigenvalue weighted by molar-refractivity contribution is 6.02. The predicted molar refractivity (Wildman–Crippen MR) is 166 cm³/mol. The van der Waals surface area contributed by atoms with Crippen LogP contribution in [0.3, 0.4) is 0 Å². The molecule has 1 aliphatic carbocycles. The molecule has 1 aromatic carbocycles. The Morgan fingerprint density at radius 1 is 1.07 bits per heavy atom. The van der Waals surface area contributed by atoms with Crippen molar-refractivity contribution in [2.24, 2.45) is 18.4 Å². The molecule has 1 saturated carbocycles. The van der Waals surface area contributed by atoms with Crippen LogP contribution >= 0.6 is 0 Å². The average molecular weight is 593 g/mol. The molecule has 4 heterocycles. The summed E-state index contributed by atoms with van der Waals surface area (Å²) in [7, 11) is 1.93. The molecule has 43 heavy (non-hydrogen) atoms. The number of ether oxygens (including phenoxy) is 1. The molecule has 1 unspecified atom stereocenters. The fraction of sp³-hybridized carbons (Fsp3) is 0.697. The lowest BCUT2D eigenvalue weighted by Crippen LogP contribution is -2.62. The van der Waals surface area contributed by atoms with Crippen LogP contribution in [0.5, 0.6) is 0 Å². The second kappa shape index (κ2) is 10.8. The van der Waals surface area contributed by atoms with E-state index < -0.39 is 11.5 Å². The summed E-state index contributed by atoms with van der Waals surface area (Å²) >= 11 is 0. The van der Waals surface area contributed by atoms with Crippen molar-refractivity contribution in [1.29, 1.82) is 0 Å². The van der Waals surface area contributed by atoms with E-state index >= 15 is 0 Å². The van der Waals surface area contributed by atoms with E-state index in [1.54, 1.807) is 0 Å². The second-order valence-electron chi connectivity index (χ2n) is 15.2. The van der Waals surface area contributed by atoms with Crippen molar-refractivity contribution in [2.75, 3.05) is 44.2 Å². The first-order valence-corrected chi connectivity index (χ1v) is 16.0. The maximum Gasteiger partial charge on any atom is 0.410 e. The summed E-state index contributed by atoms with van der Waals surface area (Å²) in [5.41, 5.74) is 2.83. The Bertz CT molecular complexity index is 1410. The number of nitrogens with one attached hydrogen (secondary N) is 1. The highest BCUT2D eigenvalue weighted by atomic mass is 16.6. The van der Waals surface area contributed by atoms with E-state index in [2.05, 4.69) is 47.2 Å². The Labute approximate surface area is 255 Å². The highest BCUT2D eigenvalue weighted by Gasteiger charge is 2.48. The first-order chi connectivity index (χ1) is 20.2. The molecule has 10 heteroatoms. The van der Waals surface area contributed by atoms with Gasteiger partial charge in [0.15, 0.2) is 0 Å². The van der Waals surface area contributed by atoms with E-state index in [-0.39, 0.29) is 23.4 Å². The lowest BCUT2D eigenvalue weighted by atomic mass is 9.66. The van der Waals surface area contributed by atoms with Crippen LogP contribution in [0, 0.1) is 11.3 Å². The van der Waals surface area contributed by atoms with Gasteiger partial charge in [-0.1, -0.05) is 0 Å². The van der Waals surface area contributed by atoms with Gasteiger partial charge in [0.2, 0.25) is 11.8 Å². The van der Waals surface area contributed by atoms with Crippen LogP contribution in [0.1, 0.15) is 84.8 Å². The third kappa shape index (κ3) is 5.99. The fourth-order valence-corrected chi connectivity index (χ4v) is 7.75. The summed E-state index contributed by atoms with van der Waals surface area (Å²) in [4.78, 5) is 43.7. The molecule has 4 aliphatic rings. The number of imide groups is 1.